The molecule has 3 aromatic carbocycles. The van der Waals surface area contributed by atoms with Gasteiger partial charge in [0.25, 0.3) is 0 Å². The van der Waals surface area contributed by atoms with Gasteiger partial charge in [0.2, 0.25) is 0 Å². The number of unbranched alkanes of at least 4 members (excludes halogenated alkanes) is 1. The molecule has 190 valence electrons. The highest BCUT2D eigenvalue weighted by molar-refractivity contribution is 5.71. The van der Waals surface area contributed by atoms with Gasteiger partial charge >= 0.3 is 0 Å². The van der Waals surface area contributed by atoms with Gasteiger partial charge in [-0.3, -0.25) is 0 Å². The molecule has 1 aliphatic rings. The maximum absolute atomic E-state index is 15.1. The average Bonchev–Trinajstić information content (AvgIpc) is 2.90. The number of hydrogen-bond acceptors (Lipinski definition) is 1. The van der Waals surface area contributed by atoms with Gasteiger partial charge in [-0.2, -0.15) is 0 Å². The zero-order chi connectivity index (χ0) is 25.5. The predicted molar refractivity (Wildman–Crippen MR) is 141 cm³/mol. The van der Waals surface area contributed by atoms with Gasteiger partial charge in [0.05, 0.1) is 12.7 Å². The molecular formula is C32H35F3O. The maximum Gasteiger partial charge on any atom is 0.166 e. The Morgan fingerprint density at radius 3 is 2.31 bits per heavy atom. The van der Waals surface area contributed by atoms with E-state index in [1.54, 1.807) is 24.3 Å². The molecule has 1 saturated heterocycles. The SMILES string of the molecule is CC=CCCC1CCC(c2ccc(-c3ccc(-c4ccc(CCCC)c(F)c4F)cc3)cc2F)OC1. The Bertz CT molecular complexity index is 1170. The van der Waals surface area contributed by atoms with E-state index in [9.17, 15) is 8.78 Å². The Labute approximate surface area is 213 Å². The molecule has 0 aliphatic carbocycles. The van der Waals surface area contributed by atoms with E-state index in [0.29, 0.717) is 35.6 Å². The molecule has 0 aromatic heterocycles. The number of halogens is 3. The lowest BCUT2D eigenvalue weighted by Gasteiger charge is -2.29. The molecule has 0 bridgehead atoms. The van der Waals surface area contributed by atoms with Crippen molar-refractivity contribution >= 4 is 0 Å². The van der Waals surface area contributed by atoms with Gasteiger partial charge < -0.3 is 4.74 Å². The first-order chi connectivity index (χ1) is 17.5. The van der Waals surface area contributed by atoms with Crippen molar-refractivity contribution in [1.29, 1.82) is 0 Å². The number of rotatable bonds is 9. The van der Waals surface area contributed by atoms with Gasteiger partial charge in [-0.15, -0.1) is 0 Å². The van der Waals surface area contributed by atoms with Crippen molar-refractivity contribution in [2.45, 2.75) is 64.9 Å². The number of allylic oxidation sites excluding steroid dienone is 2. The fourth-order valence-electron chi connectivity index (χ4n) is 4.96. The molecule has 4 heteroatoms. The van der Waals surface area contributed by atoms with Gasteiger partial charge in [0.1, 0.15) is 5.82 Å². The Balaban J connectivity index is 1.44. The molecule has 0 saturated carbocycles. The maximum atomic E-state index is 15.1. The number of benzene rings is 3. The van der Waals surface area contributed by atoms with Gasteiger partial charge in [0.15, 0.2) is 11.6 Å². The minimum atomic E-state index is -0.816. The summed E-state index contributed by atoms with van der Waals surface area (Å²) in [6, 6.07) is 15.7. The van der Waals surface area contributed by atoms with E-state index in [0.717, 1.165) is 49.7 Å². The van der Waals surface area contributed by atoms with E-state index in [4.69, 9.17) is 4.74 Å². The molecule has 1 heterocycles. The van der Waals surface area contributed by atoms with Gasteiger partial charge in [-0.1, -0.05) is 74.0 Å². The lowest BCUT2D eigenvalue weighted by molar-refractivity contribution is -0.0207. The highest BCUT2D eigenvalue weighted by Gasteiger charge is 2.25. The van der Waals surface area contributed by atoms with Crippen LogP contribution in [-0.4, -0.2) is 6.61 Å². The van der Waals surface area contributed by atoms with Crippen LogP contribution in [0.5, 0.6) is 0 Å². The smallest absolute Gasteiger partial charge is 0.166 e. The van der Waals surface area contributed by atoms with Crippen LogP contribution in [0.4, 0.5) is 13.2 Å². The highest BCUT2D eigenvalue weighted by Crippen LogP contribution is 2.35. The summed E-state index contributed by atoms with van der Waals surface area (Å²) in [5, 5.41) is 0. The molecule has 3 aromatic rings. The topological polar surface area (TPSA) is 9.23 Å². The highest BCUT2D eigenvalue weighted by atomic mass is 19.2. The van der Waals surface area contributed by atoms with Crippen molar-refractivity contribution in [1.82, 2.24) is 0 Å². The molecule has 0 radical (unpaired) electrons. The molecule has 0 N–H and O–H groups in total. The molecule has 1 nitrogen and oxygen atoms in total. The standard InChI is InChI=1S/C32H35F3O/c1-3-5-7-8-22-10-19-30(36-21-22)28-18-16-26(20-29(28)33)23-11-13-24(14-12-23)27-17-15-25(9-6-4-2)31(34)32(27)35/h3,5,11-18,20,22,30H,4,6-10,19,21H2,1-2H3. The van der Waals surface area contributed by atoms with Crippen molar-refractivity contribution in [3.8, 4) is 22.3 Å². The molecule has 0 spiro atoms. The third-order valence-electron chi connectivity index (χ3n) is 7.19. The van der Waals surface area contributed by atoms with Gasteiger partial charge in [-0.25, -0.2) is 13.2 Å². The minimum absolute atomic E-state index is 0.211. The van der Waals surface area contributed by atoms with E-state index in [1.165, 1.54) is 6.07 Å². The zero-order valence-corrected chi connectivity index (χ0v) is 21.2. The Hall–Kier alpha value is -2.85. The molecule has 36 heavy (non-hydrogen) atoms. The summed E-state index contributed by atoms with van der Waals surface area (Å²) >= 11 is 0. The van der Waals surface area contributed by atoms with Crippen LogP contribution < -0.4 is 0 Å². The monoisotopic (exact) mass is 492 g/mol. The summed E-state index contributed by atoms with van der Waals surface area (Å²) in [5.41, 5.74) is 3.40. The lowest BCUT2D eigenvalue weighted by Crippen LogP contribution is -2.21. The third-order valence-corrected chi connectivity index (χ3v) is 7.19. The minimum Gasteiger partial charge on any atom is -0.373 e. The predicted octanol–water partition coefficient (Wildman–Crippen LogP) is 9.60. The van der Waals surface area contributed by atoms with Crippen molar-refractivity contribution < 1.29 is 17.9 Å². The zero-order valence-electron chi connectivity index (χ0n) is 21.2. The van der Waals surface area contributed by atoms with Crippen LogP contribution in [0.25, 0.3) is 22.3 Å². The van der Waals surface area contributed by atoms with E-state index < -0.39 is 11.6 Å². The van der Waals surface area contributed by atoms with Crippen LogP contribution in [0, 0.1) is 23.4 Å². The Kier molecular flexibility index (Phi) is 9.03. The molecule has 0 amide bonds. The first kappa shape index (κ1) is 26.2. The van der Waals surface area contributed by atoms with Crippen LogP contribution >= 0.6 is 0 Å². The van der Waals surface area contributed by atoms with Crippen LogP contribution in [0.1, 0.15) is 69.6 Å². The van der Waals surface area contributed by atoms with Crippen molar-refractivity contribution in [2.24, 2.45) is 5.92 Å². The molecule has 1 aliphatic heterocycles. The first-order valence-corrected chi connectivity index (χ1v) is 13.1. The summed E-state index contributed by atoms with van der Waals surface area (Å²) in [6.07, 6.45) is 10.3. The number of hydrogen-bond donors (Lipinski definition) is 0. The van der Waals surface area contributed by atoms with Crippen LogP contribution in [0.2, 0.25) is 0 Å². The lowest BCUT2D eigenvalue weighted by atomic mass is 9.90. The molecule has 4 rings (SSSR count). The fourth-order valence-corrected chi connectivity index (χ4v) is 4.96. The van der Waals surface area contributed by atoms with Gasteiger partial charge in [-0.05, 0) is 79.7 Å². The first-order valence-electron chi connectivity index (χ1n) is 13.1. The second-order valence-electron chi connectivity index (χ2n) is 9.73. The Morgan fingerprint density at radius 2 is 1.64 bits per heavy atom. The average molecular weight is 493 g/mol. The van der Waals surface area contributed by atoms with Crippen LogP contribution in [0.3, 0.4) is 0 Å². The van der Waals surface area contributed by atoms with Crippen molar-refractivity contribution in [3.63, 3.8) is 0 Å². The summed E-state index contributed by atoms with van der Waals surface area (Å²) in [7, 11) is 0. The van der Waals surface area contributed by atoms with Crippen LogP contribution in [0.15, 0.2) is 66.7 Å². The van der Waals surface area contributed by atoms with E-state index in [-0.39, 0.29) is 17.5 Å². The molecule has 2 unspecified atom stereocenters. The summed E-state index contributed by atoms with van der Waals surface area (Å²) in [6.45, 7) is 4.72. The third kappa shape index (κ3) is 6.10. The second kappa shape index (κ2) is 12.4. The van der Waals surface area contributed by atoms with Crippen molar-refractivity contribution in [3.05, 3.63) is 95.3 Å². The van der Waals surface area contributed by atoms with E-state index >= 15 is 4.39 Å². The number of ether oxygens (including phenoxy) is 1. The Morgan fingerprint density at radius 1 is 0.889 bits per heavy atom. The second-order valence-corrected chi connectivity index (χ2v) is 9.73. The quantitative estimate of drug-likeness (QED) is 0.270. The van der Waals surface area contributed by atoms with E-state index in [2.05, 4.69) is 12.2 Å². The summed E-state index contributed by atoms with van der Waals surface area (Å²) in [4.78, 5) is 0. The van der Waals surface area contributed by atoms with Gasteiger partial charge in [0, 0.05) is 11.1 Å². The van der Waals surface area contributed by atoms with Crippen molar-refractivity contribution in [2.75, 3.05) is 6.61 Å². The van der Waals surface area contributed by atoms with Crippen LogP contribution in [-0.2, 0) is 11.2 Å². The number of aryl methyl sites for hydroxylation is 1. The summed E-state index contributed by atoms with van der Waals surface area (Å²) in [5.74, 6) is -1.33. The van der Waals surface area contributed by atoms with E-state index in [1.807, 2.05) is 38.1 Å². The largest absolute Gasteiger partial charge is 0.373 e. The molecule has 1 fully saturated rings. The molecular weight excluding hydrogens is 457 g/mol. The normalized spacial score (nSPS) is 18.1. The summed E-state index contributed by atoms with van der Waals surface area (Å²) < 4.78 is 50.3. The molecule has 2 atom stereocenters. The fraction of sp³-hybridized carbons (Fsp3) is 0.375.